The lowest BCUT2D eigenvalue weighted by Gasteiger charge is -2.17. The normalized spacial score (nSPS) is 14.0. The Morgan fingerprint density at radius 1 is 1.32 bits per heavy atom. The molecule has 1 aromatic carbocycles. The summed E-state index contributed by atoms with van der Waals surface area (Å²) in [4.78, 5) is 8.35. The standard InChI is InChI=1S/C14H14ClN3O/c1-9-16-7-13(15)14(17-9)18-12-3-2-11-8-19-5-4-10(11)6-12/h2-3,6-7H,4-5,8H2,1H3,(H,16,17,18). The smallest absolute Gasteiger partial charge is 0.152 e. The van der Waals surface area contributed by atoms with Gasteiger partial charge in [-0.3, -0.25) is 0 Å². The van der Waals surface area contributed by atoms with Gasteiger partial charge in [0.25, 0.3) is 0 Å². The summed E-state index contributed by atoms with van der Waals surface area (Å²) in [5.74, 6) is 1.33. The minimum atomic E-state index is 0.520. The minimum absolute atomic E-state index is 0.520. The molecule has 1 aromatic heterocycles. The second kappa shape index (κ2) is 5.15. The van der Waals surface area contributed by atoms with E-state index in [1.165, 1.54) is 11.1 Å². The number of fused-ring (bicyclic) bond motifs is 1. The molecule has 1 N–H and O–H groups in total. The molecule has 98 valence electrons. The summed E-state index contributed by atoms with van der Waals surface area (Å²) < 4.78 is 5.43. The fourth-order valence-corrected chi connectivity index (χ4v) is 2.26. The first-order chi connectivity index (χ1) is 9.22. The second-order valence-corrected chi connectivity index (χ2v) is 4.93. The third-order valence-corrected chi connectivity index (χ3v) is 3.38. The van der Waals surface area contributed by atoms with Crippen molar-refractivity contribution in [3.8, 4) is 0 Å². The number of halogens is 1. The number of nitrogens with zero attached hydrogens (tertiary/aromatic N) is 2. The molecule has 0 aliphatic carbocycles. The molecular weight excluding hydrogens is 262 g/mol. The maximum absolute atomic E-state index is 6.08. The van der Waals surface area contributed by atoms with Crippen molar-refractivity contribution in [1.29, 1.82) is 0 Å². The van der Waals surface area contributed by atoms with Crippen molar-refractivity contribution in [3.05, 3.63) is 46.4 Å². The van der Waals surface area contributed by atoms with E-state index >= 15 is 0 Å². The predicted octanol–water partition coefficient (Wildman–Crippen LogP) is 3.25. The number of rotatable bonds is 2. The highest BCUT2D eigenvalue weighted by Crippen LogP contribution is 2.26. The van der Waals surface area contributed by atoms with Crippen LogP contribution in [-0.2, 0) is 17.8 Å². The van der Waals surface area contributed by atoms with E-state index in [4.69, 9.17) is 16.3 Å². The van der Waals surface area contributed by atoms with Gasteiger partial charge in [-0.05, 0) is 36.6 Å². The Balaban J connectivity index is 1.89. The van der Waals surface area contributed by atoms with E-state index < -0.39 is 0 Å². The van der Waals surface area contributed by atoms with Gasteiger partial charge < -0.3 is 10.1 Å². The molecular formula is C14H14ClN3O. The molecule has 0 saturated carbocycles. The Morgan fingerprint density at radius 3 is 3.11 bits per heavy atom. The quantitative estimate of drug-likeness (QED) is 0.914. The molecule has 1 aliphatic rings. The van der Waals surface area contributed by atoms with E-state index in [0.717, 1.165) is 18.7 Å². The molecule has 5 heteroatoms. The van der Waals surface area contributed by atoms with Gasteiger partial charge in [0.05, 0.1) is 19.4 Å². The fraction of sp³-hybridized carbons (Fsp3) is 0.286. The molecule has 0 amide bonds. The molecule has 0 saturated heterocycles. The first-order valence-corrected chi connectivity index (χ1v) is 6.56. The summed E-state index contributed by atoms with van der Waals surface area (Å²) in [7, 11) is 0. The SMILES string of the molecule is Cc1ncc(Cl)c(Nc2ccc3c(c2)CCOC3)n1. The molecule has 0 atom stereocenters. The molecule has 0 spiro atoms. The van der Waals surface area contributed by atoms with Crippen LogP contribution in [0.2, 0.25) is 5.02 Å². The van der Waals surface area contributed by atoms with Crippen LogP contribution in [0.5, 0.6) is 0 Å². The van der Waals surface area contributed by atoms with E-state index in [2.05, 4.69) is 27.4 Å². The third-order valence-electron chi connectivity index (χ3n) is 3.11. The van der Waals surface area contributed by atoms with E-state index in [9.17, 15) is 0 Å². The molecule has 0 unspecified atom stereocenters. The van der Waals surface area contributed by atoms with Gasteiger partial charge in [0.2, 0.25) is 0 Å². The van der Waals surface area contributed by atoms with Crippen LogP contribution in [0.3, 0.4) is 0 Å². The molecule has 0 bridgehead atoms. The van der Waals surface area contributed by atoms with Gasteiger partial charge >= 0.3 is 0 Å². The van der Waals surface area contributed by atoms with Crippen molar-refractivity contribution in [3.63, 3.8) is 0 Å². The number of nitrogens with one attached hydrogen (secondary N) is 1. The van der Waals surface area contributed by atoms with Crippen LogP contribution in [-0.4, -0.2) is 16.6 Å². The molecule has 19 heavy (non-hydrogen) atoms. The van der Waals surface area contributed by atoms with Crippen LogP contribution in [0.25, 0.3) is 0 Å². The number of anilines is 2. The van der Waals surface area contributed by atoms with E-state index in [-0.39, 0.29) is 0 Å². The highest BCUT2D eigenvalue weighted by Gasteiger charge is 2.10. The monoisotopic (exact) mass is 275 g/mol. The number of hydrogen-bond donors (Lipinski definition) is 1. The fourth-order valence-electron chi connectivity index (χ4n) is 2.12. The van der Waals surface area contributed by atoms with Gasteiger partial charge in [0, 0.05) is 5.69 Å². The zero-order valence-electron chi connectivity index (χ0n) is 10.6. The molecule has 3 rings (SSSR count). The van der Waals surface area contributed by atoms with E-state index in [0.29, 0.717) is 23.3 Å². The van der Waals surface area contributed by atoms with Gasteiger partial charge in [0.1, 0.15) is 10.8 Å². The number of hydrogen-bond acceptors (Lipinski definition) is 4. The molecule has 0 fully saturated rings. The first kappa shape index (κ1) is 12.4. The van der Waals surface area contributed by atoms with Gasteiger partial charge in [-0.25, -0.2) is 9.97 Å². The van der Waals surface area contributed by atoms with Crippen molar-refractivity contribution in [2.45, 2.75) is 20.0 Å². The lowest BCUT2D eigenvalue weighted by Crippen LogP contribution is -2.10. The summed E-state index contributed by atoms with van der Waals surface area (Å²) in [6.45, 7) is 3.32. The number of ether oxygens (including phenoxy) is 1. The average Bonchev–Trinajstić information content (AvgIpc) is 2.43. The Hall–Kier alpha value is -1.65. The van der Waals surface area contributed by atoms with Crippen LogP contribution >= 0.6 is 11.6 Å². The van der Waals surface area contributed by atoms with E-state index in [1.807, 2.05) is 13.0 Å². The van der Waals surface area contributed by atoms with E-state index in [1.54, 1.807) is 6.20 Å². The molecule has 4 nitrogen and oxygen atoms in total. The lowest BCUT2D eigenvalue weighted by atomic mass is 10.0. The molecule has 2 heterocycles. The summed E-state index contributed by atoms with van der Waals surface area (Å²) in [5.41, 5.74) is 3.56. The molecule has 1 aliphatic heterocycles. The van der Waals surface area contributed by atoms with Crippen LogP contribution in [0, 0.1) is 6.92 Å². The summed E-state index contributed by atoms with van der Waals surface area (Å²) in [5, 5.41) is 3.76. The minimum Gasteiger partial charge on any atom is -0.376 e. The van der Waals surface area contributed by atoms with Crippen molar-refractivity contribution in [2.75, 3.05) is 11.9 Å². The highest BCUT2D eigenvalue weighted by atomic mass is 35.5. The zero-order chi connectivity index (χ0) is 13.2. The molecule has 2 aromatic rings. The van der Waals surface area contributed by atoms with Gasteiger partial charge in [-0.2, -0.15) is 0 Å². The van der Waals surface area contributed by atoms with Crippen molar-refractivity contribution in [2.24, 2.45) is 0 Å². The Morgan fingerprint density at radius 2 is 2.21 bits per heavy atom. The molecule has 0 radical (unpaired) electrons. The Kier molecular flexibility index (Phi) is 3.36. The Labute approximate surface area is 116 Å². The number of aryl methyl sites for hydroxylation is 1. The largest absolute Gasteiger partial charge is 0.376 e. The highest BCUT2D eigenvalue weighted by molar-refractivity contribution is 6.32. The van der Waals surface area contributed by atoms with Crippen molar-refractivity contribution < 1.29 is 4.74 Å². The summed E-state index contributed by atoms with van der Waals surface area (Å²) >= 11 is 6.08. The van der Waals surface area contributed by atoms with Crippen molar-refractivity contribution >= 4 is 23.1 Å². The lowest BCUT2D eigenvalue weighted by molar-refractivity contribution is 0.111. The zero-order valence-corrected chi connectivity index (χ0v) is 11.4. The second-order valence-electron chi connectivity index (χ2n) is 4.52. The third kappa shape index (κ3) is 2.69. The average molecular weight is 276 g/mol. The number of aromatic nitrogens is 2. The maximum Gasteiger partial charge on any atom is 0.152 e. The topological polar surface area (TPSA) is 47.0 Å². The van der Waals surface area contributed by atoms with Crippen molar-refractivity contribution in [1.82, 2.24) is 9.97 Å². The van der Waals surface area contributed by atoms with Gasteiger partial charge in [0.15, 0.2) is 5.82 Å². The summed E-state index contributed by atoms with van der Waals surface area (Å²) in [6, 6.07) is 6.23. The number of benzene rings is 1. The van der Waals surface area contributed by atoms with Gasteiger partial charge in [-0.1, -0.05) is 17.7 Å². The van der Waals surface area contributed by atoms with Crippen LogP contribution in [0.15, 0.2) is 24.4 Å². The maximum atomic E-state index is 6.08. The Bertz CT molecular complexity index is 616. The first-order valence-electron chi connectivity index (χ1n) is 6.18. The predicted molar refractivity (Wildman–Crippen MR) is 74.9 cm³/mol. The van der Waals surface area contributed by atoms with Crippen LogP contribution < -0.4 is 5.32 Å². The summed E-state index contributed by atoms with van der Waals surface area (Å²) in [6.07, 6.45) is 2.56. The van der Waals surface area contributed by atoms with Crippen LogP contribution in [0.1, 0.15) is 17.0 Å². The van der Waals surface area contributed by atoms with Gasteiger partial charge in [-0.15, -0.1) is 0 Å². The van der Waals surface area contributed by atoms with Crippen LogP contribution in [0.4, 0.5) is 11.5 Å².